The lowest BCUT2D eigenvalue weighted by Crippen LogP contribution is -2.25. The van der Waals surface area contributed by atoms with E-state index in [1.54, 1.807) is 21.0 Å². The second-order valence-electron chi connectivity index (χ2n) is 10.1. The first-order chi connectivity index (χ1) is 18.7. The molecule has 2 N–H and O–H groups in total. The number of pyridine rings is 1. The monoisotopic (exact) mass is 530 g/mol. The van der Waals surface area contributed by atoms with Gasteiger partial charge in [0.25, 0.3) is 0 Å². The number of hydrogen-bond acceptors (Lipinski definition) is 5. The van der Waals surface area contributed by atoms with Crippen LogP contribution in [0.2, 0.25) is 0 Å². The van der Waals surface area contributed by atoms with Crippen LogP contribution >= 0.6 is 0 Å². The number of carbonyl (C=O) groups excluding carboxylic acids is 1. The van der Waals surface area contributed by atoms with Gasteiger partial charge in [-0.3, -0.25) is 14.6 Å². The standard InChI is InChI=1S/C32H38N2O5/c1-32(2,31(36)37)20-19-30(35)34-27-11-6-9-25(22-27)13-16-26-10-7-12-28(33-26)23-39-21-5-4-8-24-14-17-29(38-3)18-15-24/h6-7,9-18,22H,4-5,8,19-21,23H2,1-3H3,(H,34,35)(H,36,37). The molecule has 7 heteroatoms. The maximum absolute atomic E-state index is 12.3. The van der Waals surface area contributed by atoms with Crippen molar-refractivity contribution in [3.63, 3.8) is 0 Å². The van der Waals surface area contributed by atoms with E-state index in [0.717, 1.165) is 42.0 Å². The molecule has 3 rings (SSSR count). The van der Waals surface area contributed by atoms with E-state index in [4.69, 9.17) is 9.47 Å². The number of amides is 1. The van der Waals surface area contributed by atoms with Crippen LogP contribution in [0.4, 0.5) is 5.69 Å². The average molecular weight is 531 g/mol. The van der Waals surface area contributed by atoms with E-state index >= 15 is 0 Å². The van der Waals surface area contributed by atoms with Crippen LogP contribution in [0, 0.1) is 5.41 Å². The highest BCUT2D eigenvalue weighted by molar-refractivity contribution is 5.91. The number of unbranched alkanes of at least 4 members (excludes halogenated alkanes) is 1. The van der Waals surface area contributed by atoms with E-state index in [1.165, 1.54) is 5.56 Å². The number of benzene rings is 2. The van der Waals surface area contributed by atoms with Crippen molar-refractivity contribution < 1.29 is 24.2 Å². The molecule has 0 bridgehead atoms. The largest absolute Gasteiger partial charge is 0.497 e. The van der Waals surface area contributed by atoms with E-state index in [9.17, 15) is 14.7 Å². The summed E-state index contributed by atoms with van der Waals surface area (Å²) in [6.45, 7) is 4.39. The molecule has 0 aliphatic heterocycles. The van der Waals surface area contributed by atoms with Gasteiger partial charge in [-0.1, -0.05) is 36.4 Å². The van der Waals surface area contributed by atoms with Gasteiger partial charge in [0, 0.05) is 18.7 Å². The number of ether oxygens (including phenoxy) is 2. The fourth-order valence-electron chi connectivity index (χ4n) is 3.83. The third-order valence-electron chi connectivity index (χ3n) is 6.41. The minimum absolute atomic E-state index is 0.140. The molecular formula is C32H38N2O5. The minimum Gasteiger partial charge on any atom is -0.497 e. The summed E-state index contributed by atoms with van der Waals surface area (Å²) < 4.78 is 11.0. The maximum Gasteiger partial charge on any atom is 0.309 e. The van der Waals surface area contributed by atoms with Crippen molar-refractivity contribution >= 4 is 29.7 Å². The first-order valence-electron chi connectivity index (χ1n) is 13.2. The van der Waals surface area contributed by atoms with Crippen molar-refractivity contribution in [3.8, 4) is 5.75 Å². The van der Waals surface area contributed by atoms with Gasteiger partial charge in [-0.25, -0.2) is 0 Å². The Morgan fingerprint density at radius 1 is 1.00 bits per heavy atom. The molecule has 39 heavy (non-hydrogen) atoms. The number of aliphatic carboxylic acids is 1. The van der Waals surface area contributed by atoms with Crippen molar-refractivity contribution in [2.75, 3.05) is 19.0 Å². The van der Waals surface area contributed by atoms with Crippen LogP contribution in [0.1, 0.15) is 62.0 Å². The molecule has 0 radical (unpaired) electrons. The zero-order chi connectivity index (χ0) is 28.1. The van der Waals surface area contributed by atoms with Gasteiger partial charge >= 0.3 is 5.97 Å². The summed E-state index contributed by atoms with van der Waals surface area (Å²) in [6, 6.07) is 21.5. The molecule has 0 atom stereocenters. The highest BCUT2D eigenvalue weighted by Crippen LogP contribution is 2.23. The van der Waals surface area contributed by atoms with E-state index in [1.807, 2.05) is 66.7 Å². The van der Waals surface area contributed by atoms with Crippen LogP contribution < -0.4 is 10.1 Å². The minimum atomic E-state index is -0.938. The van der Waals surface area contributed by atoms with Crippen LogP contribution in [0.25, 0.3) is 12.2 Å². The molecule has 0 fully saturated rings. The SMILES string of the molecule is COc1ccc(CCCCOCc2cccc(C=Cc3cccc(NC(=O)CCC(C)(C)C(=O)O)c3)n2)cc1. The maximum atomic E-state index is 12.3. The smallest absolute Gasteiger partial charge is 0.309 e. The highest BCUT2D eigenvalue weighted by Gasteiger charge is 2.27. The van der Waals surface area contributed by atoms with Crippen LogP contribution in [-0.4, -0.2) is 35.7 Å². The Hall–Kier alpha value is -3.97. The molecule has 206 valence electrons. The number of nitrogens with one attached hydrogen (secondary N) is 1. The van der Waals surface area contributed by atoms with Gasteiger partial charge in [0.15, 0.2) is 0 Å². The molecular weight excluding hydrogens is 492 g/mol. The number of aromatic nitrogens is 1. The third-order valence-corrected chi connectivity index (χ3v) is 6.41. The Kier molecular flexibility index (Phi) is 11.3. The van der Waals surface area contributed by atoms with E-state index in [0.29, 0.717) is 18.9 Å². The zero-order valence-electron chi connectivity index (χ0n) is 23.0. The molecule has 1 aromatic heterocycles. The van der Waals surface area contributed by atoms with Gasteiger partial charge in [0.1, 0.15) is 5.75 Å². The van der Waals surface area contributed by atoms with E-state index in [-0.39, 0.29) is 18.7 Å². The molecule has 7 nitrogen and oxygen atoms in total. The van der Waals surface area contributed by atoms with Crippen molar-refractivity contribution in [2.45, 2.75) is 52.6 Å². The van der Waals surface area contributed by atoms with Crippen LogP contribution in [0.5, 0.6) is 5.75 Å². The summed E-state index contributed by atoms with van der Waals surface area (Å²) in [5.74, 6) is -0.243. The number of methoxy groups -OCH3 is 1. The van der Waals surface area contributed by atoms with Crippen molar-refractivity contribution in [1.29, 1.82) is 0 Å². The zero-order valence-corrected chi connectivity index (χ0v) is 23.0. The molecule has 1 heterocycles. The molecule has 0 unspecified atom stereocenters. The van der Waals surface area contributed by atoms with Crippen LogP contribution in [-0.2, 0) is 27.4 Å². The topological polar surface area (TPSA) is 97.8 Å². The Morgan fingerprint density at radius 2 is 1.77 bits per heavy atom. The molecule has 0 saturated carbocycles. The Bertz CT molecular complexity index is 1250. The van der Waals surface area contributed by atoms with Gasteiger partial charge in [-0.15, -0.1) is 0 Å². The lowest BCUT2D eigenvalue weighted by molar-refractivity contribution is -0.147. The summed E-state index contributed by atoms with van der Waals surface area (Å²) in [4.78, 5) is 28.2. The fraction of sp³-hybridized carbons (Fsp3) is 0.344. The van der Waals surface area contributed by atoms with E-state index < -0.39 is 11.4 Å². The number of carboxylic acids is 1. The van der Waals surface area contributed by atoms with Crippen molar-refractivity contribution in [3.05, 3.63) is 89.2 Å². The first-order valence-corrected chi connectivity index (χ1v) is 13.2. The normalized spacial score (nSPS) is 11.5. The molecule has 0 aliphatic rings. The van der Waals surface area contributed by atoms with Crippen LogP contribution in [0.3, 0.4) is 0 Å². The summed E-state index contributed by atoms with van der Waals surface area (Å²) in [7, 11) is 1.67. The molecule has 1 amide bonds. The Labute approximate surface area is 230 Å². The van der Waals surface area contributed by atoms with Crippen molar-refractivity contribution in [1.82, 2.24) is 4.98 Å². The predicted molar refractivity (Wildman–Crippen MR) is 154 cm³/mol. The number of anilines is 1. The summed E-state index contributed by atoms with van der Waals surface area (Å²) in [5.41, 5.74) is 3.63. The van der Waals surface area contributed by atoms with E-state index in [2.05, 4.69) is 22.4 Å². The van der Waals surface area contributed by atoms with Gasteiger partial charge in [0.2, 0.25) is 5.91 Å². The second-order valence-corrected chi connectivity index (χ2v) is 10.1. The summed E-state index contributed by atoms with van der Waals surface area (Å²) in [6.07, 6.45) is 7.33. The lowest BCUT2D eigenvalue weighted by Gasteiger charge is -2.18. The quantitative estimate of drug-likeness (QED) is 0.214. The molecule has 0 spiro atoms. The number of carboxylic acid groups (broad SMARTS) is 1. The first kappa shape index (κ1) is 29.6. The molecule has 0 aliphatic carbocycles. The number of rotatable bonds is 15. The third kappa shape index (κ3) is 10.4. The molecule has 0 saturated heterocycles. The second kappa shape index (κ2) is 14.8. The average Bonchev–Trinajstić information content (AvgIpc) is 2.93. The number of carbonyl (C=O) groups is 2. The predicted octanol–water partition coefficient (Wildman–Crippen LogP) is 6.63. The van der Waals surface area contributed by atoms with Gasteiger partial charge in [-0.2, -0.15) is 0 Å². The van der Waals surface area contributed by atoms with Crippen LogP contribution in [0.15, 0.2) is 66.7 Å². The molecule has 3 aromatic rings. The van der Waals surface area contributed by atoms with Gasteiger partial charge < -0.3 is 19.9 Å². The fourth-order valence-corrected chi connectivity index (χ4v) is 3.83. The summed E-state index contributed by atoms with van der Waals surface area (Å²) in [5, 5.41) is 12.1. The molecule has 2 aromatic carbocycles. The number of nitrogens with zero attached hydrogens (tertiary/aromatic N) is 1. The van der Waals surface area contributed by atoms with Gasteiger partial charge in [-0.05, 0) is 93.1 Å². The Morgan fingerprint density at radius 3 is 2.51 bits per heavy atom. The highest BCUT2D eigenvalue weighted by atomic mass is 16.5. The number of aryl methyl sites for hydroxylation is 1. The lowest BCUT2D eigenvalue weighted by atomic mass is 9.88. The van der Waals surface area contributed by atoms with Crippen molar-refractivity contribution in [2.24, 2.45) is 5.41 Å². The number of hydrogen-bond donors (Lipinski definition) is 2. The summed E-state index contributed by atoms with van der Waals surface area (Å²) >= 11 is 0. The van der Waals surface area contributed by atoms with Gasteiger partial charge in [0.05, 0.1) is 30.5 Å². The Balaban J connectivity index is 1.42.